The fraction of sp³-hybridized carbons (Fsp3) is 0.234. The molecule has 63 heavy (non-hydrogen) atoms. The number of aromatic amines is 1. The molecule has 2 aromatic carbocycles. The lowest BCUT2D eigenvalue weighted by molar-refractivity contribution is 0.0974. The summed E-state index contributed by atoms with van der Waals surface area (Å²) in [7, 11) is 2.13. The minimum Gasteiger partial charge on any atom is -0.354 e. The first-order chi connectivity index (χ1) is 30.9. The van der Waals surface area contributed by atoms with Crippen LogP contribution in [0.3, 0.4) is 0 Å². The maximum Gasteiger partial charge on any atom is 0.276 e. The first kappa shape index (κ1) is 39.7. The maximum atomic E-state index is 14.0. The van der Waals surface area contributed by atoms with Crippen LogP contribution in [0.2, 0.25) is 0 Å². The molecule has 2 fully saturated rings. The monoisotopic (exact) mass is 838 g/mol. The van der Waals surface area contributed by atoms with Crippen LogP contribution in [0, 0.1) is 0 Å². The first-order valence-corrected chi connectivity index (χ1v) is 21.1. The van der Waals surface area contributed by atoms with E-state index in [1.54, 1.807) is 31.0 Å². The molecule has 0 saturated carbocycles. The largest absolute Gasteiger partial charge is 0.354 e. The van der Waals surface area contributed by atoms with Gasteiger partial charge in [0, 0.05) is 106 Å². The van der Waals surface area contributed by atoms with Crippen molar-refractivity contribution in [3.63, 3.8) is 0 Å². The quantitative estimate of drug-likeness (QED) is 0.142. The summed E-state index contributed by atoms with van der Waals surface area (Å²) in [6.07, 6.45) is 10.5. The standard InChI is InChI=1S/C47H46N14O2/c1-57-16-22-60(23-17-57)43-13-10-37(29-51-43)53-47(63)45-40-25-33(35-5-3-15-49-27-35)7-12-42(40)61(56-45)31-59-20-18-58(19-21-59)30-38-9-8-36(28-50-38)52-46(62)44-39-24-32(6-11-41(39)54-55-44)34-4-2-14-48-26-34/h2-15,24-29H,16-23,30-31H2,1H3,(H,52,62)(H,53,63)(H,54,55). The third kappa shape index (κ3) is 8.72. The summed E-state index contributed by atoms with van der Waals surface area (Å²) in [5, 5.41) is 19.7. The number of H-pyrrole nitrogens is 1. The van der Waals surface area contributed by atoms with Gasteiger partial charge in [0.05, 0.1) is 47.2 Å². The van der Waals surface area contributed by atoms with E-state index in [9.17, 15) is 9.59 Å². The number of amides is 2. The molecule has 0 bridgehead atoms. The van der Waals surface area contributed by atoms with Gasteiger partial charge in [-0.15, -0.1) is 0 Å². The molecule has 2 aliphatic heterocycles. The Kier molecular flexibility index (Phi) is 11.1. The van der Waals surface area contributed by atoms with Gasteiger partial charge in [-0.1, -0.05) is 24.3 Å². The van der Waals surface area contributed by atoms with Crippen molar-refractivity contribution in [3.05, 3.63) is 139 Å². The number of piperazine rings is 2. The van der Waals surface area contributed by atoms with Crippen molar-refractivity contribution in [2.24, 2.45) is 0 Å². The van der Waals surface area contributed by atoms with Crippen molar-refractivity contribution in [3.8, 4) is 22.3 Å². The van der Waals surface area contributed by atoms with Crippen LogP contribution >= 0.6 is 0 Å². The summed E-state index contributed by atoms with van der Waals surface area (Å²) in [6.45, 7) is 8.34. The molecule has 8 aromatic rings. The Bertz CT molecular complexity index is 2870. The number of carbonyl (C=O) groups excluding carboxylic acids is 2. The predicted molar refractivity (Wildman–Crippen MR) is 243 cm³/mol. The average Bonchev–Trinajstić information content (AvgIpc) is 3.92. The van der Waals surface area contributed by atoms with Crippen molar-refractivity contribution in [2.75, 3.05) is 74.9 Å². The molecule has 16 heteroatoms. The number of fused-ring (bicyclic) bond motifs is 2. The van der Waals surface area contributed by atoms with E-state index < -0.39 is 0 Å². The number of hydrogen-bond donors (Lipinski definition) is 3. The molecule has 2 saturated heterocycles. The van der Waals surface area contributed by atoms with Crippen molar-refractivity contribution >= 4 is 50.8 Å². The number of rotatable bonds is 11. The Morgan fingerprint density at radius 1 is 0.635 bits per heavy atom. The van der Waals surface area contributed by atoms with E-state index in [-0.39, 0.29) is 11.8 Å². The summed E-state index contributed by atoms with van der Waals surface area (Å²) in [5.41, 5.74) is 8.29. The van der Waals surface area contributed by atoms with Gasteiger partial charge in [0.1, 0.15) is 5.82 Å². The van der Waals surface area contributed by atoms with Gasteiger partial charge in [0.2, 0.25) is 0 Å². The van der Waals surface area contributed by atoms with E-state index in [2.05, 4.69) is 73.5 Å². The second-order valence-corrected chi connectivity index (χ2v) is 16.1. The SMILES string of the molecule is CN1CCN(c2ccc(NC(=O)c3nn(CN4CCN(Cc5ccc(NC(=O)c6n[nH]c7ccc(-c8cccnc8)cc67)cn5)CC4)c4ccc(-c5cccnc5)cc34)cn2)CC1. The predicted octanol–water partition coefficient (Wildman–Crippen LogP) is 5.86. The van der Waals surface area contributed by atoms with E-state index >= 15 is 0 Å². The van der Waals surface area contributed by atoms with Gasteiger partial charge >= 0.3 is 0 Å². The van der Waals surface area contributed by atoms with Gasteiger partial charge in [0.25, 0.3) is 11.8 Å². The highest BCUT2D eigenvalue weighted by atomic mass is 16.2. The molecule has 3 N–H and O–H groups in total. The van der Waals surface area contributed by atoms with Crippen LogP contribution in [-0.4, -0.2) is 126 Å². The second-order valence-electron chi connectivity index (χ2n) is 16.1. The van der Waals surface area contributed by atoms with Crippen LogP contribution in [0.25, 0.3) is 44.1 Å². The number of hydrogen-bond acceptors (Lipinski definition) is 12. The molecule has 8 heterocycles. The lowest BCUT2D eigenvalue weighted by Crippen LogP contribution is -2.46. The second kappa shape index (κ2) is 17.5. The van der Waals surface area contributed by atoms with Crippen molar-refractivity contribution in [1.82, 2.24) is 54.6 Å². The molecular weight excluding hydrogens is 793 g/mol. The maximum absolute atomic E-state index is 14.0. The molecule has 0 aliphatic carbocycles. The third-order valence-electron chi connectivity index (χ3n) is 11.8. The van der Waals surface area contributed by atoms with Gasteiger partial charge in [-0.25, -0.2) is 9.67 Å². The van der Waals surface area contributed by atoms with E-state index in [1.165, 1.54) is 0 Å². The minimum absolute atomic E-state index is 0.288. The summed E-state index contributed by atoms with van der Waals surface area (Å²) < 4.78 is 1.93. The van der Waals surface area contributed by atoms with E-state index in [1.807, 2.05) is 89.7 Å². The van der Waals surface area contributed by atoms with E-state index in [0.29, 0.717) is 36.0 Å². The van der Waals surface area contributed by atoms with Gasteiger partial charge in [-0.05, 0) is 78.8 Å². The molecule has 0 radical (unpaired) electrons. The lowest BCUT2D eigenvalue weighted by Gasteiger charge is -2.34. The van der Waals surface area contributed by atoms with Crippen LogP contribution < -0.4 is 15.5 Å². The number of benzene rings is 2. The topological polar surface area (TPSA) is 169 Å². The van der Waals surface area contributed by atoms with Crippen LogP contribution in [0.1, 0.15) is 26.7 Å². The molecule has 0 unspecified atom stereocenters. The van der Waals surface area contributed by atoms with Gasteiger partial charge in [0.15, 0.2) is 11.4 Å². The Hall–Kier alpha value is -7.40. The summed E-state index contributed by atoms with van der Waals surface area (Å²) in [6, 6.07) is 27.5. The lowest BCUT2D eigenvalue weighted by atomic mass is 10.0. The number of nitrogens with one attached hydrogen (secondary N) is 3. The molecule has 10 rings (SSSR count). The first-order valence-electron chi connectivity index (χ1n) is 21.1. The van der Waals surface area contributed by atoms with Crippen LogP contribution in [0.4, 0.5) is 17.2 Å². The van der Waals surface area contributed by atoms with Gasteiger partial charge in [-0.2, -0.15) is 10.2 Å². The summed E-state index contributed by atoms with van der Waals surface area (Å²) in [5.74, 6) is 0.305. The Morgan fingerprint density at radius 2 is 1.29 bits per heavy atom. The summed E-state index contributed by atoms with van der Waals surface area (Å²) in [4.78, 5) is 54.5. The highest BCUT2D eigenvalue weighted by molar-refractivity contribution is 6.12. The molecule has 6 aromatic heterocycles. The average molecular weight is 839 g/mol. The number of carbonyl (C=O) groups is 2. The number of anilines is 3. The van der Waals surface area contributed by atoms with E-state index in [4.69, 9.17) is 5.10 Å². The van der Waals surface area contributed by atoms with Crippen molar-refractivity contribution in [2.45, 2.75) is 13.2 Å². The highest BCUT2D eigenvalue weighted by Crippen LogP contribution is 2.29. The Labute approximate surface area is 363 Å². The van der Waals surface area contributed by atoms with Crippen LogP contribution in [-0.2, 0) is 13.2 Å². The number of likely N-dealkylation sites (N-methyl/N-ethyl adjacent to an activating group) is 1. The smallest absolute Gasteiger partial charge is 0.276 e. The van der Waals surface area contributed by atoms with E-state index in [0.717, 1.165) is 108 Å². The van der Waals surface area contributed by atoms with Crippen molar-refractivity contribution < 1.29 is 9.59 Å². The highest BCUT2D eigenvalue weighted by Gasteiger charge is 2.24. The Morgan fingerprint density at radius 3 is 1.94 bits per heavy atom. The van der Waals surface area contributed by atoms with Gasteiger partial charge in [-0.3, -0.25) is 39.4 Å². The number of pyridine rings is 4. The molecule has 316 valence electrons. The molecule has 0 spiro atoms. The van der Waals surface area contributed by atoms with Crippen LogP contribution in [0.15, 0.2) is 122 Å². The van der Waals surface area contributed by atoms with Crippen LogP contribution in [0.5, 0.6) is 0 Å². The minimum atomic E-state index is -0.314. The zero-order valence-electron chi connectivity index (χ0n) is 34.9. The summed E-state index contributed by atoms with van der Waals surface area (Å²) >= 11 is 0. The molecule has 2 aliphatic rings. The molecule has 16 nitrogen and oxygen atoms in total. The third-order valence-corrected chi connectivity index (χ3v) is 11.8. The molecule has 0 atom stereocenters. The number of aromatic nitrogens is 8. The number of nitrogens with zero attached hydrogens (tertiary/aromatic N) is 11. The Balaban J connectivity index is 0.778. The molecule has 2 amide bonds. The zero-order chi connectivity index (χ0) is 42.7. The van der Waals surface area contributed by atoms with Crippen molar-refractivity contribution in [1.29, 1.82) is 0 Å². The van der Waals surface area contributed by atoms with Gasteiger partial charge < -0.3 is 20.4 Å². The zero-order valence-corrected chi connectivity index (χ0v) is 34.9. The fourth-order valence-electron chi connectivity index (χ4n) is 8.23. The normalized spacial score (nSPS) is 15.2. The fourth-order valence-corrected chi connectivity index (χ4v) is 8.23. The molecular formula is C47H46N14O2.